The van der Waals surface area contributed by atoms with Crippen molar-refractivity contribution in [1.82, 2.24) is 29.8 Å². The van der Waals surface area contributed by atoms with E-state index in [-0.39, 0.29) is 6.04 Å². The second-order valence-corrected chi connectivity index (χ2v) is 6.96. The first-order chi connectivity index (χ1) is 12.7. The number of hydrogen-bond donors (Lipinski definition) is 0. The molecule has 0 bridgehead atoms. The van der Waals surface area contributed by atoms with Crippen molar-refractivity contribution in [2.45, 2.75) is 19.5 Å². The molecule has 4 rings (SSSR count). The minimum absolute atomic E-state index is 0.205. The Labute approximate surface area is 154 Å². The fraction of sp³-hybridized carbons (Fsp3) is 0.222. The van der Waals surface area contributed by atoms with Crippen LogP contribution in [-0.4, -0.2) is 36.9 Å². The van der Waals surface area contributed by atoms with E-state index in [2.05, 4.69) is 44.2 Å². The summed E-state index contributed by atoms with van der Waals surface area (Å²) in [5.74, 6) is 1.26. The zero-order chi connectivity index (χ0) is 17.9. The highest BCUT2D eigenvalue weighted by molar-refractivity contribution is 7.13. The van der Waals surface area contributed by atoms with Gasteiger partial charge in [0.2, 0.25) is 11.7 Å². The fourth-order valence-electron chi connectivity index (χ4n) is 2.68. The van der Waals surface area contributed by atoms with Crippen molar-refractivity contribution >= 4 is 11.3 Å². The van der Waals surface area contributed by atoms with Crippen LogP contribution in [0.5, 0.6) is 0 Å². The minimum Gasteiger partial charge on any atom is -0.338 e. The molecule has 0 radical (unpaired) electrons. The second kappa shape index (κ2) is 7.19. The predicted molar refractivity (Wildman–Crippen MR) is 98.9 cm³/mol. The molecule has 0 amide bonds. The van der Waals surface area contributed by atoms with Crippen LogP contribution in [0, 0.1) is 0 Å². The van der Waals surface area contributed by atoms with E-state index in [1.54, 1.807) is 22.3 Å². The Hall–Kier alpha value is -2.84. The van der Waals surface area contributed by atoms with Crippen molar-refractivity contribution in [2.75, 3.05) is 7.05 Å². The van der Waals surface area contributed by atoms with Gasteiger partial charge < -0.3 is 4.52 Å². The van der Waals surface area contributed by atoms with E-state index in [0.717, 1.165) is 10.6 Å². The number of hydrogen-bond acceptors (Lipinski definition) is 7. The number of nitrogens with zero attached hydrogens (tertiary/aromatic N) is 6. The van der Waals surface area contributed by atoms with E-state index in [0.29, 0.717) is 18.3 Å². The van der Waals surface area contributed by atoms with E-state index in [1.807, 2.05) is 36.7 Å². The summed E-state index contributed by atoms with van der Waals surface area (Å²) < 4.78 is 7.14. The second-order valence-electron chi connectivity index (χ2n) is 6.01. The standard InChI is InChI=1S/C18H18N6OS/c1-13(14-5-7-15(8-6-14)24-12-19-11-20-24)23(2)10-17-21-18(22-25-17)16-4-3-9-26-16/h3-9,11-13H,10H2,1-2H3. The van der Waals surface area contributed by atoms with Crippen molar-refractivity contribution in [3.05, 3.63) is 65.9 Å². The summed E-state index contributed by atoms with van der Waals surface area (Å²) >= 11 is 1.60. The third-order valence-electron chi connectivity index (χ3n) is 4.31. The van der Waals surface area contributed by atoms with Crippen LogP contribution in [0.15, 0.2) is 59.0 Å². The molecule has 0 saturated heterocycles. The average Bonchev–Trinajstić information content (AvgIpc) is 3.42. The third kappa shape index (κ3) is 3.42. The molecule has 4 aromatic rings. The molecule has 0 N–H and O–H groups in total. The molecule has 1 aromatic carbocycles. The largest absolute Gasteiger partial charge is 0.338 e. The zero-order valence-corrected chi connectivity index (χ0v) is 15.3. The van der Waals surface area contributed by atoms with Crippen LogP contribution in [0.4, 0.5) is 0 Å². The lowest BCUT2D eigenvalue weighted by Gasteiger charge is -2.23. The molecular weight excluding hydrogens is 348 g/mol. The number of rotatable bonds is 6. The maximum Gasteiger partial charge on any atom is 0.241 e. The number of thiophene rings is 1. The predicted octanol–water partition coefficient (Wildman–Crippen LogP) is 3.57. The smallest absolute Gasteiger partial charge is 0.241 e. The van der Waals surface area contributed by atoms with Gasteiger partial charge in [0.25, 0.3) is 0 Å². The molecule has 3 aromatic heterocycles. The van der Waals surface area contributed by atoms with E-state index in [4.69, 9.17) is 4.52 Å². The molecule has 0 saturated carbocycles. The van der Waals surface area contributed by atoms with E-state index >= 15 is 0 Å². The summed E-state index contributed by atoms with van der Waals surface area (Å²) in [6, 6.07) is 12.4. The van der Waals surface area contributed by atoms with E-state index in [9.17, 15) is 0 Å². The van der Waals surface area contributed by atoms with E-state index < -0.39 is 0 Å². The normalized spacial score (nSPS) is 12.6. The van der Waals surface area contributed by atoms with Crippen molar-refractivity contribution < 1.29 is 4.52 Å². The Morgan fingerprint density at radius 3 is 2.77 bits per heavy atom. The van der Waals surface area contributed by atoms with Crippen LogP contribution in [0.2, 0.25) is 0 Å². The van der Waals surface area contributed by atoms with Gasteiger partial charge in [0.15, 0.2) is 0 Å². The summed E-state index contributed by atoms with van der Waals surface area (Å²) in [6.07, 6.45) is 3.21. The van der Waals surface area contributed by atoms with Gasteiger partial charge in [-0.25, -0.2) is 9.67 Å². The molecular formula is C18H18N6OS. The van der Waals surface area contributed by atoms with Gasteiger partial charge in [-0.1, -0.05) is 23.4 Å². The highest BCUT2D eigenvalue weighted by atomic mass is 32.1. The molecule has 3 heterocycles. The first kappa shape index (κ1) is 16.6. The SMILES string of the molecule is CC(c1ccc(-n2cncn2)cc1)N(C)Cc1nc(-c2cccs2)no1. The van der Waals surface area contributed by atoms with Gasteiger partial charge in [-0.2, -0.15) is 10.1 Å². The topological polar surface area (TPSA) is 72.9 Å². The first-order valence-corrected chi connectivity index (χ1v) is 9.10. The Kier molecular flexibility index (Phi) is 4.59. The van der Waals surface area contributed by atoms with E-state index in [1.165, 1.54) is 11.9 Å². The van der Waals surface area contributed by atoms with Crippen LogP contribution >= 0.6 is 11.3 Å². The molecule has 1 unspecified atom stereocenters. The number of benzene rings is 1. The Morgan fingerprint density at radius 1 is 1.23 bits per heavy atom. The van der Waals surface area contributed by atoms with Gasteiger partial charge in [0, 0.05) is 6.04 Å². The van der Waals surface area contributed by atoms with Crippen LogP contribution < -0.4 is 0 Å². The summed E-state index contributed by atoms with van der Waals surface area (Å²) in [6.45, 7) is 2.74. The van der Waals surface area contributed by atoms with Gasteiger partial charge >= 0.3 is 0 Å². The zero-order valence-electron chi connectivity index (χ0n) is 14.5. The summed E-state index contributed by atoms with van der Waals surface area (Å²) in [5.41, 5.74) is 2.19. The molecule has 1 atom stereocenters. The quantitative estimate of drug-likeness (QED) is 0.519. The van der Waals surface area contributed by atoms with Gasteiger partial charge in [0.1, 0.15) is 12.7 Å². The Balaban J connectivity index is 1.43. The van der Waals surface area contributed by atoms with Crippen LogP contribution in [-0.2, 0) is 6.54 Å². The highest BCUT2D eigenvalue weighted by Gasteiger charge is 2.16. The lowest BCUT2D eigenvalue weighted by Crippen LogP contribution is -2.22. The molecule has 0 fully saturated rings. The van der Waals surface area contributed by atoms with Gasteiger partial charge in [0.05, 0.1) is 17.1 Å². The molecule has 8 heteroatoms. The molecule has 0 aliphatic carbocycles. The molecule has 0 aliphatic heterocycles. The molecule has 26 heavy (non-hydrogen) atoms. The third-order valence-corrected chi connectivity index (χ3v) is 5.18. The minimum atomic E-state index is 0.205. The van der Waals surface area contributed by atoms with Crippen LogP contribution in [0.1, 0.15) is 24.4 Å². The average molecular weight is 366 g/mol. The van der Waals surface area contributed by atoms with Crippen molar-refractivity contribution in [3.63, 3.8) is 0 Å². The van der Waals surface area contributed by atoms with Crippen molar-refractivity contribution in [3.8, 4) is 16.4 Å². The molecule has 132 valence electrons. The van der Waals surface area contributed by atoms with Gasteiger partial charge in [-0.3, -0.25) is 4.90 Å². The lowest BCUT2D eigenvalue weighted by atomic mass is 10.1. The summed E-state index contributed by atoms with van der Waals surface area (Å²) in [7, 11) is 2.05. The Morgan fingerprint density at radius 2 is 2.08 bits per heavy atom. The van der Waals surface area contributed by atoms with Crippen LogP contribution in [0.25, 0.3) is 16.4 Å². The fourth-order valence-corrected chi connectivity index (χ4v) is 3.33. The van der Waals surface area contributed by atoms with Gasteiger partial charge in [-0.15, -0.1) is 11.3 Å². The monoisotopic (exact) mass is 366 g/mol. The number of aromatic nitrogens is 5. The summed E-state index contributed by atoms with van der Waals surface area (Å²) in [5, 5.41) is 10.2. The maximum atomic E-state index is 5.40. The molecule has 7 nitrogen and oxygen atoms in total. The van der Waals surface area contributed by atoms with Crippen molar-refractivity contribution in [2.24, 2.45) is 0 Å². The maximum absolute atomic E-state index is 5.40. The summed E-state index contributed by atoms with van der Waals surface area (Å²) in [4.78, 5) is 11.7. The van der Waals surface area contributed by atoms with Crippen LogP contribution in [0.3, 0.4) is 0 Å². The Bertz CT molecular complexity index is 946. The first-order valence-electron chi connectivity index (χ1n) is 8.22. The lowest BCUT2D eigenvalue weighted by molar-refractivity contribution is 0.216. The molecule has 0 spiro atoms. The highest BCUT2D eigenvalue weighted by Crippen LogP contribution is 2.24. The molecule has 0 aliphatic rings. The van der Waals surface area contributed by atoms with Gasteiger partial charge in [-0.05, 0) is 43.1 Å². The van der Waals surface area contributed by atoms with Crippen molar-refractivity contribution in [1.29, 1.82) is 0 Å².